The Kier molecular flexibility index (Phi) is 4.90. The van der Waals surface area contributed by atoms with Crippen LogP contribution in [0.1, 0.15) is 63.3 Å². The molecule has 2 aromatic rings. The number of likely N-dealkylation sites (tertiary alicyclic amines) is 1. The maximum atomic E-state index is 14.3. The first-order valence-corrected chi connectivity index (χ1v) is 10.7. The van der Waals surface area contributed by atoms with Crippen LogP contribution in [0.5, 0.6) is 0 Å². The summed E-state index contributed by atoms with van der Waals surface area (Å²) in [5.41, 5.74) is 1.81. The molecule has 0 radical (unpaired) electrons. The molecule has 4 atom stereocenters. The summed E-state index contributed by atoms with van der Waals surface area (Å²) >= 11 is 0. The van der Waals surface area contributed by atoms with Crippen LogP contribution in [0.15, 0.2) is 60.7 Å². The minimum atomic E-state index is -0.949. The van der Waals surface area contributed by atoms with Crippen LogP contribution < -0.4 is 0 Å². The van der Waals surface area contributed by atoms with E-state index in [0.29, 0.717) is 6.42 Å². The first-order chi connectivity index (χ1) is 13.8. The highest BCUT2D eigenvalue weighted by atomic mass is 16.3. The molecular weight excluding hydrogens is 358 g/mol. The largest absolute Gasteiger partial charge is 0.392 e. The Morgan fingerprint density at radius 3 is 2.38 bits per heavy atom. The Morgan fingerprint density at radius 2 is 1.72 bits per heavy atom. The van der Waals surface area contributed by atoms with E-state index in [1.807, 2.05) is 47.4 Å². The second kappa shape index (κ2) is 7.14. The van der Waals surface area contributed by atoms with Gasteiger partial charge >= 0.3 is 0 Å². The van der Waals surface area contributed by atoms with Gasteiger partial charge in [0.1, 0.15) is 5.41 Å². The van der Waals surface area contributed by atoms with Crippen molar-refractivity contribution in [3.05, 3.63) is 77.4 Å². The first kappa shape index (κ1) is 19.9. The van der Waals surface area contributed by atoms with Crippen LogP contribution in [0.2, 0.25) is 0 Å². The van der Waals surface area contributed by atoms with Gasteiger partial charge in [0.2, 0.25) is 5.91 Å². The lowest BCUT2D eigenvalue weighted by Crippen LogP contribution is -2.53. The molecular formula is C26H31NO2. The van der Waals surface area contributed by atoms with Gasteiger partial charge in [-0.2, -0.15) is 0 Å². The number of nitrogens with zero attached hydrogens (tertiary/aromatic N) is 1. The second-order valence-corrected chi connectivity index (χ2v) is 9.35. The fourth-order valence-corrected chi connectivity index (χ4v) is 5.43. The Hall–Kier alpha value is -2.39. The summed E-state index contributed by atoms with van der Waals surface area (Å²) in [7, 11) is 0. The van der Waals surface area contributed by atoms with E-state index in [-0.39, 0.29) is 23.4 Å². The standard InChI is InChI=1S/C26H31NO2/c1-5-11-22(28)26-20-15-10-9-12-18(20)16-17-21(26)23(19-13-7-6-8-14-19)27(24(26)29)25(2,3)4/h6-10,12-17,21-23,28H,5,11H2,1-4H3/t21-,22+,23-,26-/m0/s1. The van der Waals surface area contributed by atoms with Gasteiger partial charge in [0.25, 0.3) is 0 Å². The molecule has 0 aromatic heterocycles. The van der Waals surface area contributed by atoms with Gasteiger partial charge in [0, 0.05) is 11.5 Å². The maximum Gasteiger partial charge on any atom is 0.237 e. The van der Waals surface area contributed by atoms with E-state index in [1.165, 1.54) is 0 Å². The number of aliphatic hydroxyl groups is 1. The molecule has 1 heterocycles. The molecule has 0 bridgehead atoms. The molecule has 2 aliphatic rings. The summed E-state index contributed by atoms with van der Waals surface area (Å²) in [6.07, 6.45) is 5.01. The highest BCUT2D eigenvalue weighted by Crippen LogP contribution is 2.58. The number of carbonyl (C=O) groups excluding carboxylic acids is 1. The summed E-state index contributed by atoms with van der Waals surface area (Å²) in [6.45, 7) is 8.34. The van der Waals surface area contributed by atoms with Crippen LogP contribution in [-0.2, 0) is 10.2 Å². The van der Waals surface area contributed by atoms with Crippen LogP contribution in [0.4, 0.5) is 0 Å². The molecule has 0 spiro atoms. The van der Waals surface area contributed by atoms with Crippen molar-refractivity contribution in [1.82, 2.24) is 4.90 Å². The van der Waals surface area contributed by atoms with E-state index in [2.05, 4.69) is 52.0 Å². The fourth-order valence-electron chi connectivity index (χ4n) is 5.43. The van der Waals surface area contributed by atoms with E-state index in [4.69, 9.17) is 0 Å². The third-order valence-corrected chi connectivity index (χ3v) is 6.56. The molecule has 4 rings (SSSR count). The Morgan fingerprint density at radius 1 is 1.07 bits per heavy atom. The van der Waals surface area contributed by atoms with Crippen LogP contribution in [0.25, 0.3) is 6.08 Å². The van der Waals surface area contributed by atoms with Gasteiger partial charge in [-0.05, 0) is 43.9 Å². The van der Waals surface area contributed by atoms with Crippen molar-refractivity contribution in [3.63, 3.8) is 0 Å². The normalized spacial score (nSPS) is 26.9. The average molecular weight is 390 g/mol. The minimum Gasteiger partial charge on any atom is -0.392 e. The number of fused-ring (bicyclic) bond motifs is 3. The molecule has 0 saturated carbocycles. The van der Waals surface area contributed by atoms with Crippen molar-refractivity contribution in [2.45, 2.75) is 63.6 Å². The highest BCUT2D eigenvalue weighted by molar-refractivity contribution is 5.96. The Labute approximate surface area is 174 Å². The SMILES string of the molecule is CCC[C@@H](O)[C@@]12C(=O)N(C(C)(C)C)[C@@H](c3ccccc3)[C@@H]1C=Cc1ccccc12. The van der Waals surface area contributed by atoms with Crippen LogP contribution in [-0.4, -0.2) is 27.6 Å². The van der Waals surface area contributed by atoms with Crippen molar-refractivity contribution in [2.75, 3.05) is 0 Å². The molecule has 2 aromatic carbocycles. The van der Waals surface area contributed by atoms with Gasteiger partial charge in [-0.15, -0.1) is 0 Å². The highest BCUT2D eigenvalue weighted by Gasteiger charge is 2.65. The summed E-state index contributed by atoms with van der Waals surface area (Å²) in [6, 6.07) is 18.2. The smallest absolute Gasteiger partial charge is 0.237 e. The van der Waals surface area contributed by atoms with Crippen molar-refractivity contribution in [2.24, 2.45) is 5.92 Å². The zero-order valence-electron chi connectivity index (χ0n) is 17.8. The van der Waals surface area contributed by atoms with Gasteiger partial charge in [0.05, 0.1) is 12.1 Å². The number of carbonyl (C=O) groups is 1. The molecule has 0 unspecified atom stereocenters. The van der Waals surface area contributed by atoms with Gasteiger partial charge < -0.3 is 10.0 Å². The number of amides is 1. The minimum absolute atomic E-state index is 0.0432. The van der Waals surface area contributed by atoms with Gasteiger partial charge in [-0.25, -0.2) is 0 Å². The van der Waals surface area contributed by atoms with Gasteiger partial charge in [0.15, 0.2) is 0 Å². The lowest BCUT2D eigenvalue weighted by atomic mass is 9.61. The summed E-state index contributed by atoms with van der Waals surface area (Å²) < 4.78 is 0. The monoisotopic (exact) mass is 389 g/mol. The van der Waals surface area contributed by atoms with Crippen LogP contribution >= 0.6 is 0 Å². The second-order valence-electron chi connectivity index (χ2n) is 9.35. The fraction of sp³-hybridized carbons (Fsp3) is 0.423. The zero-order chi connectivity index (χ0) is 20.8. The molecule has 1 saturated heterocycles. The summed E-state index contributed by atoms with van der Waals surface area (Å²) in [5.74, 6) is -0.0744. The zero-order valence-corrected chi connectivity index (χ0v) is 17.8. The van der Waals surface area contributed by atoms with E-state index < -0.39 is 11.5 Å². The van der Waals surface area contributed by atoms with E-state index in [0.717, 1.165) is 23.1 Å². The van der Waals surface area contributed by atoms with Crippen LogP contribution in [0, 0.1) is 5.92 Å². The molecule has 3 heteroatoms. The lowest BCUT2D eigenvalue weighted by molar-refractivity contribution is -0.141. The van der Waals surface area contributed by atoms with Crippen molar-refractivity contribution in [1.29, 1.82) is 0 Å². The van der Waals surface area contributed by atoms with Gasteiger partial charge in [-0.1, -0.05) is 80.1 Å². The molecule has 152 valence electrons. The van der Waals surface area contributed by atoms with Crippen molar-refractivity contribution >= 4 is 12.0 Å². The topological polar surface area (TPSA) is 40.5 Å². The molecule has 1 N–H and O–H groups in total. The van der Waals surface area contributed by atoms with Crippen LogP contribution in [0.3, 0.4) is 0 Å². The number of rotatable bonds is 4. The number of hydrogen-bond acceptors (Lipinski definition) is 2. The molecule has 1 aliphatic carbocycles. The lowest BCUT2D eigenvalue weighted by Gasteiger charge is -2.40. The van der Waals surface area contributed by atoms with Gasteiger partial charge in [-0.3, -0.25) is 4.79 Å². The third-order valence-electron chi connectivity index (χ3n) is 6.56. The van der Waals surface area contributed by atoms with E-state index in [1.54, 1.807) is 0 Å². The quantitative estimate of drug-likeness (QED) is 0.789. The summed E-state index contributed by atoms with van der Waals surface area (Å²) in [4.78, 5) is 16.3. The average Bonchev–Trinajstić information content (AvgIpc) is 2.99. The molecule has 1 aliphatic heterocycles. The molecule has 1 amide bonds. The van der Waals surface area contributed by atoms with Crippen molar-refractivity contribution in [3.8, 4) is 0 Å². The maximum absolute atomic E-state index is 14.3. The first-order valence-electron chi connectivity index (χ1n) is 10.7. The predicted octanol–water partition coefficient (Wildman–Crippen LogP) is 5.11. The number of aliphatic hydroxyl groups excluding tert-OH is 1. The van der Waals surface area contributed by atoms with Crippen molar-refractivity contribution < 1.29 is 9.90 Å². The molecule has 1 fully saturated rings. The predicted molar refractivity (Wildman–Crippen MR) is 117 cm³/mol. The molecule has 29 heavy (non-hydrogen) atoms. The van der Waals surface area contributed by atoms with E-state index >= 15 is 0 Å². The molecule has 3 nitrogen and oxygen atoms in total. The Balaban J connectivity index is 2.01. The Bertz CT molecular complexity index is 927. The number of hydrogen-bond donors (Lipinski definition) is 1. The summed E-state index contributed by atoms with van der Waals surface area (Å²) in [5, 5.41) is 11.5. The van der Waals surface area contributed by atoms with E-state index in [9.17, 15) is 9.90 Å². The third kappa shape index (κ3) is 2.86. The number of benzene rings is 2.